The Morgan fingerprint density at radius 2 is 1.94 bits per heavy atom. The van der Waals surface area contributed by atoms with Crippen LogP contribution >= 0.6 is 27.3 Å². The number of hydrogen-bond acceptors (Lipinski definition) is 5. The third-order valence-corrected chi connectivity index (χ3v) is 4.24. The van der Waals surface area contributed by atoms with E-state index in [0.29, 0.717) is 0 Å². The number of halogens is 1. The molecule has 2 heterocycles. The monoisotopic (exact) mass is 310 g/mol. The van der Waals surface area contributed by atoms with Gasteiger partial charge in [0.1, 0.15) is 0 Å². The van der Waals surface area contributed by atoms with Crippen LogP contribution in [0.15, 0.2) is 28.2 Å². The summed E-state index contributed by atoms with van der Waals surface area (Å²) in [5.41, 5.74) is 2.44. The molecule has 0 saturated carbocycles. The molecule has 0 bridgehead atoms. The average molecular weight is 311 g/mol. The SMILES string of the molecule is CN1CCN(c2nnc(Br)s2)c2ccccc21. The number of likely N-dealkylation sites (N-methyl/N-ethyl adjacent to an activating group) is 1. The molecule has 0 aliphatic carbocycles. The van der Waals surface area contributed by atoms with Gasteiger partial charge in [0.05, 0.1) is 11.4 Å². The lowest BCUT2D eigenvalue weighted by Gasteiger charge is -2.35. The van der Waals surface area contributed by atoms with Crippen molar-refractivity contribution in [2.75, 3.05) is 29.9 Å². The molecule has 88 valence electrons. The summed E-state index contributed by atoms with van der Waals surface area (Å²) >= 11 is 4.92. The lowest BCUT2D eigenvalue weighted by molar-refractivity contribution is 0.814. The van der Waals surface area contributed by atoms with E-state index >= 15 is 0 Å². The van der Waals surface area contributed by atoms with E-state index in [0.717, 1.165) is 22.1 Å². The van der Waals surface area contributed by atoms with Crippen LogP contribution < -0.4 is 9.80 Å². The van der Waals surface area contributed by atoms with Crippen LogP contribution in [-0.4, -0.2) is 30.3 Å². The Morgan fingerprint density at radius 3 is 2.65 bits per heavy atom. The van der Waals surface area contributed by atoms with Gasteiger partial charge in [0.15, 0.2) is 3.92 Å². The third kappa shape index (κ3) is 1.91. The predicted octanol–water partition coefficient (Wildman–Crippen LogP) is 2.89. The molecule has 0 saturated heterocycles. The van der Waals surface area contributed by atoms with Crippen LogP contribution in [-0.2, 0) is 0 Å². The van der Waals surface area contributed by atoms with Crippen molar-refractivity contribution in [3.05, 3.63) is 28.2 Å². The second kappa shape index (κ2) is 4.27. The van der Waals surface area contributed by atoms with Gasteiger partial charge in [-0.15, -0.1) is 10.2 Å². The number of hydrogen-bond donors (Lipinski definition) is 0. The first-order chi connectivity index (χ1) is 8.25. The molecule has 0 fully saturated rings. The van der Waals surface area contributed by atoms with Gasteiger partial charge in [0.25, 0.3) is 0 Å². The van der Waals surface area contributed by atoms with E-state index in [1.165, 1.54) is 11.4 Å². The van der Waals surface area contributed by atoms with Crippen molar-refractivity contribution in [1.29, 1.82) is 0 Å². The number of para-hydroxylation sites is 2. The predicted molar refractivity (Wildman–Crippen MR) is 74.3 cm³/mol. The molecule has 1 aromatic heterocycles. The van der Waals surface area contributed by atoms with Crippen molar-refractivity contribution in [1.82, 2.24) is 10.2 Å². The van der Waals surface area contributed by atoms with Gasteiger partial charge in [-0.25, -0.2) is 0 Å². The minimum atomic E-state index is 0.823. The van der Waals surface area contributed by atoms with Crippen molar-refractivity contribution in [2.24, 2.45) is 0 Å². The number of rotatable bonds is 1. The zero-order chi connectivity index (χ0) is 11.8. The summed E-state index contributed by atoms with van der Waals surface area (Å²) in [6, 6.07) is 8.38. The summed E-state index contributed by atoms with van der Waals surface area (Å²) in [5.74, 6) is 0. The maximum absolute atomic E-state index is 4.19. The highest BCUT2D eigenvalue weighted by Crippen LogP contribution is 2.38. The Labute approximate surface area is 112 Å². The number of nitrogens with zero attached hydrogens (tertiary/aromatic N) is 4. The van der Waals surface area contributed by atoms with Crippen LogP contribution in [0.25, 0.3) is 0 Å². The Morgan fingerprint density at radius 1 is 1.18 bits per heavy atom. The molecule has 1 aliphatic rings. The van der Waals surface area contributed by atoms with Crippen molar-refractivity contribution in [3.8, 4) is 0 Å². The zero-order valence-corrected chi connectivity index (χ0v) is 11.7. The quantitative estimate of drug-likeness (QED) is 0.810. The van der Waals surface area contributed by atoms with Crippen LogP contribution in [0.4, 0.5) is 16.5 Å². The van der Waals surface area contributed by atoms with Crippen LogP contribution in [0.5, 0.6) is 0 Å². The molecule has 2 aromatic rings. The summed E-state index contributed by atoms with van der Waals surface area (Å²) in [7, 11) is 2.12. The first-order valence-electron chi connectivity index (χ1n) is 5.32. The topological polar surface area (TPSA) is 32.3 Å². The zero-order valence-electron chi connectivity index (χ0n) is 9.30. The van der Waals surface area contributed by atoms with E-state index < -0.39 is 0 Å². The van der Waals surface area contributed by atoms with Crippen molar-refractivity contribution in [3.63, 3.8) is 0 Å². The van der Waals surface area contributed by atoms with Gasteiger partial charge in [-0.05, 0) is 28.1 Å². The Kier molecular flexibility index (Phi) is 2.76. The molecule has 1 aliphatic heterocycles. The molecule has 6 heteroatoms. The minimum Gasteiger partial charge on any atom is -0.371 e. The molecule has 0 unspecified atom stereocenters. The van der Waals surface area contributed by atoms with Crippen molar-refractivity contribution < 1.29 is 0 Å². The summed E-state index contributed by atoms with van der Waals surface area (Å²) in [5, 5.41) is 9.15. The number of benzene rings is 1. The minimum absolute atomic E-state index is 0.823. The second-order valence-electron chi connectivity index (χ2n) is 3.90. The fourth-order valence-electron chi connectivity index (χ4n) is 2.01. The summed E-state index contributed by atoms with van der Waals surface area (Å²) in [4.78, 5) is 4.49. The van der Waals surface area contributed by atoms with Gasteiger partial charge < -0.3 is 9.80 Å². The lowest BCUT2D eigenvalue weighted by Crippen LogP contribution is -2.36. The molecule has 1 aromatic carbocycles. The summed E-state index contributed by atoms with van der Waals surface area (Å²) < 4.78 is 0.823. The molecule has 0 spiro atoms. The maximum atomic E-state index is 4.19. The van der Waals surface area contributed by atoms with Crippen LogP contribution in [0.2, 0.25) is 0 Å². The maximum Gasteiger partial charge on any atom is 0.213 e. The molecule has 0 atom stereocenters. The average Bonchev–Trinajstić information content (AvgIpc) is 2.77. The first kappa shape index (κ1) is 11.0. The van der Waals surface area contributed by atoms with Gasteiger partial charge in [-0.2, -0.15) is 0 Å². The molecular formula is C11H11BrN4S. The Hall–Kier alpha value is -1.14. The number of fused-ring (bicyclic) bond motifs is 1. The molecule has 17 heavy (non-hydrogen) atoms. The van der Waals surface area contributed by atoms with E-state index in [1.54, 1.807) is 11.3 Å². The fraction of sp³-hybridized carbons (Fsp3) is 0.273. The normalized spacial score (nSPS) is 14.9. The van der Waals surface area contributed by atoms with E-state index in [9.17, 15) is 0 Å². The summed E-state index contributed by atoms with van der Waals surface area (Å²) in [6.07, 6.45) is 0. The fourth-order valence-corrected chi connectivity index (χ4v) is 3.14. The molecule has 0 N–H and O–H groups in total. The second-order valence-corrected chi connectivity index (χ2v) is 6.13. The van der Waals surface area contributed by atoms with Gasteiger partial charge in [0.2, 0.25) is 5.13 Å². The Balaban J connectivity index is 2.06. The Bertz CT molecular complexity index is 542. The third-order valence-electron chi connectivity index (χ3n) is 2.86. The highest BCUT2D eigenvalue weighted by atomic mass is 79.9. The smallest absolute Gasteiger partial charge is 0.213 e. The molecular weight excluding hydrogens is 300 g/mol. The lowest BCUT2D eigenvalue weighted by atomic mass is 10.2. The molecule has 3 rings (SSSR count). The van der Waals surface area contributed by atoms with Crippen LogP contribution in [0, 0.1) is 0 Å². The standard InChI is InChI=1S/C11H11BrN4S/c1-15-6-7-16(11-14-13-10(12)17-11)9-5-3-2-4-8(9)15/h2-5H,6-7H2,1H3. The van der Waals surface area contributed by atoms with Crippen molar-refractivity contribution >= 4 is 43.8 Å². The highest BCUT2D eigenvalue weighted by molar-refractivity contribution is 9.11. The van der Waals surface area contributed by atoms with Gasteiger partial charge in [-0.3, -0.25) is 0 Å². The van der Waals surface area contributed by atoms with Crippen molar-refractivity contribution in [2.45, 2.75) is 0 Å². The largest absolute Gasteiger partial charge is 0.371 e. The van der Waals surface area contributed by atoms with Gasteiger partial charge in [-0.1, -0.05) is 23.5 Å². The van der Waals surface area contributed by atoms with Gasteiger partial charge in [0, 0.05) is 20.1 Å². The highest BCUT2D eigenvalue weighted by Gasteiger charge is 2.23. The first-order valence-corrected chi connectivity index (χ1v) is 6.93. The summed E-state index contributed by atoms with van der Waals surface area (Å²) in [6.45, 7) is 1.93. The van der Waals surface area contributed by atoms with E-state index in [4.69, 9.17) is 0 Å². The van der Waals surface area contributed by atoms with E-state index in [-0.39, 0.29) is 0 Å². The molecule has 0 amide bonds. The number of aromatic nitrogens is 2. The number of anilines is 3. The van der Waals surface area contributed by atoms with E-state index in [1.807, 2.05) is 0 Å². The van der Waals surface area contributed by atoms with Crippen LogP contribution in [0.3, 0.4) is 0 Å². The molecule has 0 radical (unpaired) electrons. The van der Waals surface area contributed by atoms with Gasteiger partial charge >= 0.3 is 0 Å². The van der Waals surface area contributed by atoms with E-state index in [2.05, 4.69) is 67.2 Å². The molecule has 4 nitrogen and oxygen atoms in total. The van der Waals surface area contributed by atoms with Crippen LogP contribution in [0.1, 0.15) is 0 Å².